The summed E-state index contributed by atoms with van der Waals surface area (Å²) >= 11 is 0. The molecule has 1 saturated heterocycles. The molecule has 1 aliphatic heterocycles. The first kappa shape index (κ1) is 14.0. The van der Waals surface area contributed by atoms with Crippen molar-refractivity contribution < 1.29 is 0 Å². The van der Waals surface area contributed by atoms with Gasteiger partial charge in [0.25, 0.3) is 5.56 Å². The Morgan fingerprint density at radius 1 is 1.19 bits per heavy atom. The van der Waals surface area contributed by atoms with Gasteiger partial charge in [0.1, 0.15) is 0 Å². The number of nitrogens with zero attached hydrogens (tertiary/aromatic N) is 5. The first-order valence-electron chi connectivity index (χ1n) is 7.37. The third-order valence-electron chi connectivity index (χ3n) is 4.01. The Kier molecular flexibility index (Phi) is 3.63. The fourth-order valence-electron chi connectivity index (χ4n) is 2.60. The monoisotopic (exact) mass is 287 g/mol. The third-order valence-corrected chi connectivity index (χ3v) is 4.01. The van der Waals surface area contributed by atoms with E-state index in [0.717, 1.165) is 37.6 Å². The lowest BCUT2D eigenvalue weighted by atomic mass is 10.3. The van der Waals surface area contributed by atoms with E-state index in [2.05, 4.69) is 26.8 Å². The van der Waals surface area contributed by atoms with Gasteiger partial charge in [-0.2, -0.15) is 0 Å². The Hall–Kier alpha value is -1.95. The van der Waals surface area contributed by atoms with Gasteiger partial charge in [-0.3, -0.25) is 4.79 Å². The van der Waals surface area contributed by atoms with E-state index < -0.39 is 0 Å². The van der Waals surface area contributed by atoms with Crippen molar-refractivity contribution >= 4 is 16.9 Å². The van der Waals surface area contributed by atoms with E-state index in [1.165, 1.54) is 0 Å². The van der Waals surface area contributed by atoms with Crippen LogP contribution in [0.4, 0.5) is 5.95 Å². The number of rotatable bonds is 2. The van der Waals surface area contributed by atoms with Gasteiger partial charge in [-0.15, -0.1) is 0 Å². The van der Waals surface area contributed by atoms with Crippen LogP contribution in [0.5, 0.6) is 0 Å². The predicted octanol–water partition coefficient (Wildman–Crippen LogP) is 1.12. The highest BCUT2D eigenvalue weighted by atomic mass is 16.1. The maximum atomic E-state index is 12.4. The molecule has 0 bridgehead atoms. The number of aromatic nitrogens is 3. The molecule has 1 fully saturated rings. The lowest BCUT2D eigenvalue weighted by Gasteiger charge is -2.32. The van der Waals surface area contributed by atoms with Crippen LogP contribution in [0.15, 0.2) is 23.3 Å². The number of piperazine rings is 1. The number of anilines is 1. The predicted molar refractivity (Wildman–Crippen MR) is 83.9 cm³/mol. The van der Waals surface area contributed by atoms with Crippen LogP contribution in [0.25, 0.3) is 10.9 Å². The fraction of sp³-hybridized carbons (Fsp3) is 0.533. The van der Waals surface area contributed by atoms with E-state index in [9.17, 15) is 4.79 Å². The van der Waals surface area contributed by atoms with Gasteiger partial charge in [0.15, 0.2) is 0 Å². The standard InChI is InChI=1S/C15H21N5O/c1-11(2)20-5-4-13-12(14(20)21)10-16-15(17-13)19-8-6-18(3)7-9-19/h4-5,10-11H,6-9H2,1-3H3. The second-order valence-corrected chi connectivity index (χ2v) is 5.88. The van der Waals surface area contributed by atoms with Crippen molar-refractivity contribution in [1.29, 1.82) is 0 Å². The second kappa shape index (κ2) is 5.44. The molecule has 0 atom stereocenters. The van der Waals surface area contributed by atoms with Crippen LogP contribution >= 0.6 is 0 Å². The van der Waals surface area contributed by atoms with E-state index in [1.807, 2.05) is 26.1 Å². The summed E-state index contributed by atoms with van der Waals surface area (Å²) in [4.78, 5) is 25.8. The van der Waals surface area contributed by atoms with Crippen LogP contribution in [0.1, 0.15) is 19.9 Å². The van der Waals surface area contributed by atoms with Crippen molar-refractivity contribution in [3.05, 3.63) is 28.8 Å². The van der Waals surface area contributed by atoms with Crippen LogP contribution in [0, 0.1) is 0 Å². The number of hydrogen-bond acceptors (Lipinski definition) is 5. The second-order valence-electron chi connectivity index (χ2n) is 5.88. The average molecular weight is 287 g/mol. The Bertz CT molecular complexity index is 701. The summed E-state index contributed by atoms with van der Waals surface area (Å²) in [6, 6.07) is 2.04. The Balaban J connectivity index is 1.98. The summed E-state index contributed by atoms with van der Waals surface area (Å²) in [6.45, 7) is 7.85. The number of hydrogen-bond donors (Lipinski definition) is 0. The molecule has 6 heteroatoms. The highest BCUT2D eigenvalue weighted by Crippen LogP contribution is 2.14. The minimum atomic E-state index is -0.0209. The van der Waals surface area contributed by atoms with Gasteiger partial charge in [0.05, 0.1) is 10.9 Å². The molecule has 6 nitrogen and oxygen atoms in total. The smallest absolute Gasteiger partial charge is 0.261 e. The SMILES string of the molecule is CC(C)n1ccc2nc(N3CCN(C)CC3)ncc2c1=O. The highest BCUT2D eigenvalue weighted by molar-refractivity contribution is 5.77. The fourth-order valence-corrected chi connectivity index (χ4v) is 2.60. The molecule has 0 spiro atoms. The quantitative estimate of drug-likeness (QED) is 0.828. The first-order valence-corrected chi connectivity index (χ1v) is 7.37. The zero-order valence-corrected chi connectivity index (χ0v) is 12.8. The van der Waals surface area contributed by atoms with Crippen molar-refractivity contribution in [1.82, 2.24) is 19.4 Å². The summed E-state index contributed by atoms with van der Waals surface area (Å²) in [5.74, 6) is 0.720. The van der Waals surface area contributed by atoms with Crippen LogP contribution in [-0.4, -0.2) is 52.7 Å². The first-order chi connectivity index (χ1) is 10.1. The largest absolute Gasteiger partial charge is 0.338 e. The minimum absolute atomic E-state index is 0.0209. The molecule has 0 unspecified atom stereocenters. The molecule has 1 aliphatic rings. The Morgan fingerprint density at radius 2 is 1.90 bits per heavy atom. The summed E-state index contributed by atoms with van der Waals surface area (Å²) in [5.41, 5.74) is 0.702. The number of fused-ring (bicyclic) bond motifs is 1. The van der Waals surface area contributed by atoms with Crippen molar-refractivity contribution in [3.8, 4) is 0 Å². The summed E-state index contributed by atoms with van der Waals surface area (Å²) in [7, 11) is 2.12. The molecule has 0 aromatic carbocycles. The minimum Gasteiger partial charge on any atom is -0.338 e. The lowest BCUT2D eigenvalue weighted by Crippen LogP contribution is -2.45. The van der Waals surface area contributed by atoms with Gasteiger partial charge in [0, 0.05) is 44.6 Å². The lowest BCUT2D eigenvalue weighted by molar-refractivity contribution is 0.311. The molecule has 3 rings (SSSR count). The molecule has 0 radical (unpaired) electrons. The maximum absolute atomic E-state index is 12.4. The molecule has 0 amide bonds. The normalized spacial score (nSPS) is 16.9. The summed E-state index contributed by atoms with van der Waals surface area (Å²) in [5, 5.41) is 0.587. The molecule has 0 saturated carbocycles. The average Bonchev–Trinajstić information content (AvgIpc) is 2.47. The third kappa shape index (κ3) is 2.63. The Morgan fingerprint density at radius 3 is 2.57 bits per heavy atom. The van der Waals surface area contributed by atoms with E-state index >= 15 is 0 Å². The molecule has 3 heterocycles. The van der Waals surface area contributed by atoms with Crippen molar-refractivity contribution in [3.63, 3.8) is 0 Å². The molecule has 21 heavy (non-hydrogen) atoms. The molecule has 0 N–H and O–H groups in total. The van der Waals surface area contributed by atoms with Gasteiger partial charge in [-0.25, -0.2) is 9.97 Å². The van der Waals surface area contributed by atoms with Crippen molar-refractivity contribution in [2.75, 3.05) is 38.1 Å². The summed E-state index contributed by atoms with van der Waals surface area (Å²) in [6.07, 6.45) is 3.48. The van der Waals surface area contributed by atoms with E-state index in [4.69, 9.17) is 0 Å². The maximum Gasteiger partial charge on any atom is 0.261 e. The van der Waals surface area contributed by atoms with Gasteiger partial charge in [-0.05, 0) is 27.0 Å². The number of likely N-dealkylation sites (N-methyl/N-ethyl adjacent to an activating group) is 1. The van der Waals surface area contributed by atoms with Gasteiger partial charge in [0.2, 0.25) is 5.95 Å². The van der Waals surface area contributed by atoms with Crippen LogP contribution in [0.2, 0.25) is 0 Å². The van der Waals surface area contributed by atoms with Crippen LogP contribution in [0.3, 0.4) is 0 Å². The van der Waals surface area contributed by atoms with Crippen LogP contribution < -0.4 is 10.5 Å². The molecular weight excluding hydrogens is 266 g/mol. The molecule has 112 valence electrons. The van der Waals surface area contributed by atoms with E-state index in [-0.39, 0.29) is 11.6 Å². The highest BCUT2D eigenvalue weighted by Gasteiger charge is 2.17. The Labute approximate surface area is 124 Å². The molecule has 0 aliphatic carbocycles. The van der Waals surface area contributed by atoms with E-state index in [0.29, 0.717) is 5.39 Å². The molecular formula is C15H21N5O. The molecule has 2 aromatic rings. The van der Waals surface area contributed by atoms with Gasteiger partial charge in [-0.1, -0.05) is 0 Å². The zero-order valence-electron chi connectivity index (χ0n) is 12.8. The van der Waals surface area contributed by atoms with Gasteiger partial charge >= 0.3 is 0 Å². The van der Waals surface area contributed by atoms with Gasteiger partial charge < -0.3 is 14.4 Å². The van der Waals surface area contributed by atoms with Crippen LogP contribution in [-0.2, 0) is 0 Å². The van der Waals surface area contributed by atoms with Crippen molar-refractivity contribution in [2.24, 2.45) is 0 Å². The van der Waals surface area contributed by atoms with E-state index in [1.54, 1.807) is 10.8 Å². The number of pyridine rings is 1. The molecule has 2 aromatic heterocycles. The summed E-state index contributed by atoms with van der Waals surface area (Å²) < 4.78 is 1.71. The van der Waals surface area contributed by atoms with Crippen molar-refractivity contribution in [2.45, 2.75) is 19.9 Å². The zero-order chi connectivity index (χ0) is 15.0. The topological polar surface area (TPSA) is 54.3 Å².